The maximum Gasteiger partial charge on any atom is 0.285 e. The van der Waals surface area contributed by atoms with Gasteiger partial charge in [-0.25, -0.2) is 5.10 Å². The van der Waals surface area contributed by atoms with Gasteiger partial charge in [-0.3, -0.25) is 4.79 Å². The van der Waals surface area contributed by atoms with Gasteiger partial charge in [-0.05, 0) is 36.3 Å². The van der Waals surface area contributed by atoms with Crippen LogP contribution in [0.15, 0.2) is 35.3 Å². The number of fused-ring (bicyclic) bond motifs is 2. The minimum atomic E-state index is -0.349. The third-order valence-electron chi connectivity index (χ3n) is 4.96. The second-order valence-electron chi connectivity index (χ2n) is 6.02. The number of aromatic nitrogens is 2. The first-order valence-corrected chi connectivity index (χ1v) is 7.64. The van der Waals surface area contributed by atoms with Crippen LogP contribution in [-0.4, -0.2) is 16.7 Å². The molecule has 2 N–H and O–H groups in total. The Morgan fingerprint density at radius 2 is 2.29 bits per heavy atom. The summed E-state index contributed by atoms with van der Waals surface area (Å²) in [6, 6.07) is 8.76. The second-order valence-corrected chi connectivity index (χ2v) is 6.40. The lowest BCUT2D eigenvalue weighted by molar-refractivity contribution is 0.609. The predicted molar refractivity (Wildman–Crippen MR) is 82.9 cm³/mol. The van der Waals surface area contributed by atoms with Crippen LogP contribution in [0, 0.1) is 5.92 Å². The van der Waals surface area contributed by atoms with E-state index in [4.69, 9.17) is 11.6 Å². The summed E-state index contributed by atoms with van der Waals surface area (Å²) in [6.45, 7) is 0.833. The molecule has 2 aliphatic rings. The first-order chi connectivity index (χ1) is 10.2. The predicted octanol–water partition coefficient (Wildman–Crippen LogP) is 2.74. The average molecular weight is 302 g/mol. The Hall–Kier alpha value is -1.81. The largest absolute Gasteiger partial charge is 0.382 e. The molecule has 0 unspecified atom stereocenters. The lowest BCUT2D eigenvalue weighted by Crippen LogP contribution is -2.16. The molecule has 1 saturated carbocycles. The number of benzene rings is 1. The molecule has 0 bridgehead atoms. The van der Waals surface area contributed by atoms with Crippen molar-refractivity contribution in [3.8, 4) is 0 Å². The van der Waals surface area contributed by atoms with Gasteiger partial charge in [0.1, 0.15) is 5.02 Å². The Labute approximate surface area is 127 Å². The van der Waals surface area contributed by atoms with Gasteiger partial charge in [0, 0.05) is 12.0 Å². The molecule has 4 nitrogen and oxygen atoms in total. The van der Waals surface area contributed by atoms with Gasteiger partial charge in [-0.2, -0.15) is 5.10 Å². The smallest absolute Gasteiger partial charge is 0.285 e. The molecule has 0 amide bonds. The minimum Gasteiger partial charge on any atom is -0.382 e. The first-order valence-electron chi connectivity index (χ1n) is 7.26. The van der Waals surface area contributed by atoms with Crippen LogP contribution in [0.2, 0.25) is 5.02 Å². The van der Waals surface area contributed by atoms with E-state index in [1.807, 2.05) is 0 Å². The summed E-state index contributed by atoms with van der Waals surface area (Å²) in [7, 11) is 0. The number of nitrogens with zero attached hydrogens (tertiary/aromatic N) is 1. The maximum atomic E-state index is 11.4. The Morgan fingerprint density at radius 3 is 3.19 bits per heavy atom. The highest BCUT2D eigenvalue weighted by atomic mass is 35.5. The Bertz CT molecular complexity index is 757. The van der Waals surface area contributed by atoms with E-state index >= 15 is 0 Å². The molecule has 4 rings (SSSR count). The summed E-state index contributed by atoms with van der Waals surface area (Å²) in [6.07, 6.45) is 5.20. The van der Waals surface area contributed by atoms with Crippen LogP contribution >= 0.6 is 11.6 Å². The number of rotatable bonds is 3. The molecule has 0 radical (unpaired) electrons. The highest BCUT2D eigenvalue weighted by Gasteiger charge is 2.57. The van der Waals surface area contributed by atoms with Crippen molar-refractivity contribution >= 4 is 17.3 Å². The van der Waals surface area contributed by atoms with E-state index in [9.17, 15) is 4.79 Å². The highest BCUT2D eigenvalue weighted by molar-refractivity contribution is 6.32. The standard InChI is InChI=1S/C16H16ClN3O/c17-14-13(9-19-20-15(14)21)18-8-11-7-16(11)6-5-10-3-1-2-4-12(10)16/h1-4,9,11H,5-8H2,(H2,18,20,21)/t11-,16-/m1/s1. The van der Waals surface area contributed by atoms with E-state index in [-0.39, 0.29) is 10.6 Å². The van der Waals surface area contributed by atoms with E-state index in [2.05, 4.69) is 39.8 Å². The molecule has 0 aliphatic heterocycles. The molecule has 1 aromatic carbocycles. The number of hydrogen-bond acceptors (Lipinski definition) is 3. The monoisotopic (exact) mass is 301 g/mol. The van der Waals surface area contributed by atoms with Crippen molar-refractivity contribution in [2.24, 2.45) is 5.92 Å². The molecule has 21 heavy (non-hydrogen) atoms. The Balaban J connectivity index is 1.50. The second kappa shape index (κ2) is 4.60. The number of hydrogen-bond donors (Lipinski definition) is 2. The van der Waals surface area contributed by atoms with Crippen LogP contribution in [0.3, 0.4) is 0 Å². The number of anilines is 1. The van der Waals surface area contributed by atoms with Gasteiger partial charge >= 0.3 is 0 Å². The summed E-state index contributed by atoms with van der Waals surface area (Å²) in [5, 5.41) is 9.58. The molecule has 1 fully saturated rings. The fourth-order valence-electron chi connectivity index (χ4n) is 3.74. The molecular formula is C16H16ClN3O. The number of nitrogens with one attached hydrogen (secondary N) is 2. The van der Waals surface area contributed by atoms with Crippen molar-refractivity contribution in [1.82, 2.24) is 10.2 Å². The molecule has 108 valence electrons. The third-order valence-corrected chi connectivity index (χ3v) is 5.34. The average Bonchev–Trinajstić information content (AvgIpc) is 3.08. The van der Waals surface area contributed by atoms with E-state index in [1.54, 1.807) is 6.20 Å². The van der Waals surface area contributed by atoms with Crippen LogP contribution in [0.4, 0.5) is 5.69 Å². The third kappa shape index (κ3) is 1.97. The van der Waals surface area contributed by atoms with E-state index < -0.39 is 0 Å². The van der Waals surface area contributed by atoms with Crippen LogP contribution in [-0.2, 0) is 11.8 Å². The summed E-state index contributed by atoms with van der Waals surface area (Å²) in [4.78, 5) is 11.4. The summed E-state index contributed by atoms with van der Waals surface area (Å²) < 4.78 is 0. The van der Waals surface area contributed by atoms with Gasteiger partial charge < -0.3 is 5.32 Å². The molecular weight excluding hydrogens is 286 g/mol. The summed E-state index contributed by atoms with van der Waals surface area (Å²) in [5.74, 6) is 0.608. The van der Waals surface area contributed by atoms with E-state index in [0.717, 1.165) is 6.54 Å². The lowest BCUT2D eigenvalue weighted by Gasteiger charge is -2.13. The van der Waals surface area contributed by atoms with Crippen LogP contribution in [0.1, 0.15) is 24.0 Å². The molecule has 1 heterocycles. The van der Waals surface area contributed by atoms with Gasteiger partial charge in [-0.15, -0.1) is 0 Å². The van der Waals surface area contributed by atoms with Crippen LogP contribution < -0.4 is 10.9 Å². The van der Waals surface area contributed by atoms with Crippen molar-refractivity contribution in [2.45, 2.75) is 24.7 Å². The van der Waals surface area contributed by atoms with Crippen LogP contribution in [0.25, 0.3) is 0 Å². The van der Waals surface area contributed by atoms with E-state index in [0.29, 0.717) is 17.0 Å². The zero-order valence-electron chi connectivity index (χ0n) is 11.5. The molecule has 0 saturated heterocycles. The number of halogens is 1. The summed E-state index contributed by atoms with van der Waals surface area (Å²) in [5.41, 5.74) is 3.64. The zero-order valence-corrected chi connectivity index (χ0v) is 12.3. The fourth-order valence-corrected chi connectivity index (χ4v) is 3.90. The topological polar surface area (TPSA) is 57.8 Å². The van der Waals surface area contributed by atoms with Crippen molar-refractivity contribution in [3.05, 3.63) is 57.0 Å². The lowest BCUT2D eigenvalue weighted by atomic mass is 9.95. The Kier molecular flexibility index (Phi) is 2.82. The van der Waals surface area contributed by atoms with Gasteiger partial charge in [0.15, 0.2) is 0 Å². The normalized spacial score (nSPS) is 25.9. The summed E-state index contributed by atoms with van der Waals surface area (Å²) >= 11 is 5.98. The SMILES string of the molecule is O=c1[nH]ncc(NC[C@H]2C[C@]23CCc2ccccc23)c1Cl. The van der Waals surface area contributed by atoms with Crippen LogP contribution in [0.5, 0.6) is 0 Å². The van der Waals surface area contributed by atoms with Crippen molar-refractivity contribution in [2.75, 3.05) is 11.9 Å². The minimum absolute atomic E-state index is 0.187. The molecule has 1 spiro atoms. The zero-order chi connectivity index (χ0) is 14.4. The molecule has 2 aromatic rings. The van der Waals surface area contributed by atoms with Crippen molar-refractivity contribution in [3.63, 3.8) is 0 Å². The maximum absolute atomic E-state index is 11.4. The van der Waals surface area contributed by atoms with Gasteiger partial charge in [-0.1, -0.05) is 35.9 Å². The van der Waals surface area contributed by atoms with Gasteiger partial charge in [0.05, 0.1) is 11.9 Å². The number of aryl methyl sites for hydroxylation is 1. The van der Waals surface area contributed by atoms with Gasteiger partial charge in [0.2, 0.25) is 0 Å². The number of aromatic amines is 1. The highest BCUT2D eigenvalue weighted by Crippen LogP contribution is 2.61. The molecule has 1 aromatic heterocycles. The fraction of sp³-hybridized carbons (Fsp3) is 0.375. The van der Waals surface area contributed by atoms with Crippen molar-refractivity contribution in [1.29, 1.82) is 0 Å². The molecule has 2 atom stereocenters. The first kappa shape index (κ1) is 12.9. The molecule has 2 aliphatic carbocycles. The molecule has 5 heteroatoms. The number of H-pyrrole nitrogens is 1. The van der Waals surface area contributed by atoms with E-state index in [1.165, 1.54) is 30.4 Å². The Morgan fingerprint density at radius 1 is 1.43 bits per heavy atom. The quantitative estimate of drug-likeness (QED) is 0.916. The van der Waals surface area contributed by atoms with Gasteiger partial charge in [0.25, 0.3) is 5.56 Å². The van der Waals surface area contributed by atoms with Crippen molar-refractivity contribution < 1.29 is 0 Å².